The molecule has 0 saturated carbocycles. The van der Waals surface area contributed by atoms with Gasteiger partial charge >= 0.3 is 5.56 Å². The average Bonchev–Trinajstić information content (AvgIpc) is 2.61. The van der Waals surface area contributed by atoms with Gasteiger partial charge in [-0.05, 0) is 37.1 Å². The van der Waals surface area contributed by atoms with Crippen LogP contribution in [-0.2, 0) is 13.2 Å². The molecule has 0 atom stereocenters. The number of aliphatic hydroxyl groups excluding tert-OH is 1. The molecule has 1 aromatic heterocycles. The number of aryl methyl sites for hydroxylation is 2. The van der Waals surface area contributed by atoms with Gasteiger partial charge in [0.15, 0.2) is 0 Å². The molecule has 134 valence electrons. The molecule has 0 radical (unpaired) electrons. The third-order valence-electron chi connectivity index (χ3n) is 3.90. The van der Waals surface area contributed by atoms with Crippen LogP contribution in [0.25, 0.3) is 0 Å². The normalized spacial score (nSPS) is 10.8. The Morgan fingerprint density at radius 3 is 2.35 bits per heavy atom. The van der Waals surface area contributed by atoms with Crippen LogP contribution in [0.4, 0.5) is 0 Å². The van der Waals surface area contributed by atoms with E-state index in [9.17, 15) is 4.79 Å². The maximum absolute atomic E-state index is 12.7. The van der Waals surface area contributed by atoms with Crippen molar-refractivity contribution in [2.45, 2.75) is 27.0 Å². The molecule has 6 heteroatoms. The number of aromatic nitrogens is 2. The molecule has 0 amide bonds. The van der Waals surface area contributed by atoms with Gasteiger partial charge in [0.05, 0.1) is 19.3 Å². The number of nitrogens with zero attached hydrogens (tertiary/aromatic N) is 2. The zero-order valence-electron chi connectivity index (χ0n) is 14.6. The van der Waals surface area contributed by atoms with Gasteiger partial charge in [-0.1, -0.05) is 53.1 Å². The largest absolute Gasteiger partial charge is 0.450 e. The Morgan fingerprint density at radius 1 is 1.08 bits per heavy atom. The number of aliphatic hydroxyl groups is 1. The molecule has 0 saturated heterocycles. The molecule has 0 aliphatic carbocycles. The fraction of sp³-hybridized carbons (Fsp3) is 0.200. The van der Waals surface area contributed by atoms with Crippen molar-refractivity contribution in [2.24, 2.45) is 0 Å². The molecule has 5 nitrogen and oxygen atoms in total. The number of rotatable bonds is 5. The van der Waals surface area contributed by atoms with E-state index >= 15 is 0 Å². The fourth-order valence-electron chi connectivity index (χ4n) is 2.77. The van der Waals surface area contributed by atoms with E-state index in [2.05, 4.69) is 11.2 Å². The van der Waals surface area contributed by atoms with Crippen LogP contribution in [0, 0.1) is 13.8 Å². The third kappa shape index (κ3) is 4.12. The van der Waals surface area contributed by atoms with Gasteiger partial charge in [-0.15, -0.1) is 0 Å². The van der Waals surface area contributed by atoms with Crippen LogP contribution < -0.4 is 10.3 Å². The Hall–Kier alpha value is -2.63. The van der Waals surface area contributed by atoms with Crippen molar-refractivity contribution in [3.05, 3.63) is 86.3 Å². The molecular formula is C20H19ClN2O3. The topological polar surface area (TPSA) is 64.3 Å². The molecule has 3 rings (SSSR count). The highest BCUT2D eigenvalue weighted by Crippen LogP contribution is 2.25. The summed E-state index contributed by atoms with van der Waals surface area (Å²) >= 11 is 6.12. The molecule has 0 fully saturated rings. The van der Waals surface area contributed by atoms with Crippen molar-refractivity contribution < 1.29 is 9.84 Å². The number of halogens is 1. The van der Waals surface area contributed by atoms with Gasteiger partial charge in [-0.2, -0.15) is 5.10 Å². The lowest BCUT2D eigenvalue weighted by atomic mass is 10.1. The minimum Gasteiger partial charge on any atom is -0.450 e. The minimum absolute atomic E-state index is 0.0304. The molecule has 0 spiro atoms. The van der Waals surface area contributed by atoms with Gasteiger partial charge in [0, 0.05) is 0 Å². The Bertz CT molecular complexity index is 961. The summed E-state index contributed by atoms with van der Waals surface area (Å²) in [7, 11) is 0. The highest BCUT2D eigenvalue weighted by atomic mass is 35.5. The Balaban J connectivity index is 1.91. The van der Waals surface area contributed by atoms with Crippen molar-refractivity contribution in [1.82, 2.24) is 9.78 Å². The van der Waals surface area contributed by atoms with Gasteiger partial charge in [0.25, 0.3) is 0 Å². The Labute approximate surface area is 156 Å². The molecule has 2 aromatic carbocycles. The number of hydrogen-bond acceptors (Lipinski definition) is 4. The average molecular weight is 371 g/mol. The van der Waals surface area contributed by atoms with Gasteiger partial charge in [0.2, 0.25) is 5.75 Å². The lowest BCUT2D eigenvalue weighted by Gasteiger charge is -2.11. The first-order valence-corrected chi connectivity index (χ1v) is 8.54. The minimum atomic E-state index is -0.400. The highest BCUT2D eigenvalue weighted by molar-refractivity contribution is 6.31. The molecule has 26 heavy (non-hydrogen) atoms. The first-order chi connectivity index (χ1) is 12.5. The van der Waals surface area contributed by atoms with Crippen molar-refractivity contribution in [2.75, 3.05) is 0 Å². The van der Waals surface area contributed by atoms with Gasteiger partial charge < -0.3 is 9.84 Å². The van der Waals surface area contributed by atoms with E-state index in [1.54, 1.807) is 24.3 Å². The molecular weight excluding hydrogens is 352 g/mol. The second-order valence-electron chi connectivity index (χ2n) is 6.18. The predicted octanol–water partition coefficient (Wildman–Crippen LogP) is 3.85. The summed E-state index contributed by atoms with van der Waals surface area (Å²) in [6, 6.07) is 12.9. The van der Waals surface area contributed by atoms with E-state index in [1.807, 2.05) is 26.0 Å². The number of ether oxygens (including phenoxy) is 1. The van der Waals surface area contributed by atoms with E-state index in [1.165, 1.54) is 10.9 Å². The molecule has 0 aliphatic heterocycles. The van der Waals surface area contributed by atoms with Crippen molar-refractivity contribution in [3.63, 3.8) is 0 Å². The fourth-order valence-corrected chi connectivity index (χ4v) is 2.93. The molecule has 0 bridgehead atoms. The van der Waals surface area contributed by atoms with Crippen LogP contribution in [0.1, 0.15) is 22.3 Å². The number of benzene rings is 2. The zero-order valence-corrected chi connectivity index (χ0v) is 15.3. The third-order valence-corrected chi connectivity index (χ3v) is 4.16. The van der Waals surface area contributed by atoms with Gasteiger partial charge in [0.1, 0.15) is 10.8 Å². The predicted molar refractivity (Wildman–Crippen MR) is 101 cm³/mol. The lowest BCUT2D eigenvalue weighted by molar-refractivity contribution is 0.281. The van der Waals surface area contributed by atoms with Crippen LogP contribution in [0.2, 0.25) is 5.02 Å². The maximum Gasteiger partial charge on any atom is 0.311 e. The Kier molecular flexibility index (Phi) is 5.40. The smallest absolute Gasteiger partial charge is 0.311 e. The summed E-state index contributed by atoms with van der Waals surface area (Å²) in [5.74, 6) is 0.494. The molecule has 0 aliphatic rings. The van der Waals surface area contributed by atoms with Crippen molar-refractivity contribution in [3.8, 4) is 11.5 Å². The second kappa shape index (κ2) is 7.72. The standard InChI is InChI=1S/C20H19ClN2O3/c1-13-7-14(2)9-16(8-13)11-23-20(25)19(18(21)10-22-23)26-17-5-3-15(12-24)4-6-17/h3-10,24H,11-12H2,1-2H3. The van der Waals surface area contributed by atoms with E-state index in [0.29, 0.717) is 12.3 Å². The molecule has 0 unspecified atom stereocenters. The summed E-state index contributed by atoms with van der Waals surface area (Å²) in [5, 5.41) is 13.4. The van der Waals surface area contributed by atoms with Crippen LogP contribution >= 0.6 is 11.6 Å². The summed E-state index contributed by atoms with van der Waals surface area (Å²) in [6.45, 7) is 4.30. The van der Waals surface area contributed by atoms with E-state index < -0.39 is 5.56 Å². The van der Waals surface area contributed by atoms with Crippen molar-refractivity contribution >= 4 is 11.6 Å². The highest BCUT2D eigenvalue weighted by Gasteiger charge is 2.13. The monoisotopic (exact) mass is 370 g/mol. The molecule has 1 N–H and O–H groups in total. The van der Waals surface area contributed by atoms with Crippen LogP contribution in [0.3, 0.4) is 0 Å². The zero-order chi connectivity index (χ0) is 18.7. The SMILES string of the molecule is Cc1cc(C)cc(Cn2ncc(Cl)c(Oc3ccc(CO)cc3)c2=O)c1. The van der Waals surface area contributed by atoms with Gasteiger partial charge in [-0.25, -0.2) is 4.68 Å². The first-order valence-electron chi connectivity index (χ1n) is 8.16. The van der Waals surface area contributed by atoms with E-state index in [0.717, 1.165) is 22.3 Å². The summed E-state index contributed by atoms with van der Waals surface area (Å²) in [6.07, 6.45) is 1.41. The molecule has 3 aromatic rings. The quantitative estimate of drug-likeness (QED) is 0.741. The maximum atomic E-state index is 12.7. The van der Waals surface area contributed by atoms with Crippen LogP contribution in [0.5, 0.6) is 11.5 Å². The van der Waals surface area contributed by atoms with Gasteiger partial charge in [-0.3, -0.25) is 4.79 Å². The van der Waals surface area contributed by atoms with Crippen LogP contribution in [0.15, 0.2) is 53.5 Å². The first kappa shape index (κ1) is 18.2. The summed E-state index contributed by atoms with van der Waals surface area (Å²) in [5.41, 5.74) is 3.59. The molecule has 1 heterocycles. The van der Waals surface area contributed by atoms with Crippen LogP contribution in [-0.4, -0.2) is 14.9 Å². The Morgan fingerprint density at radius 2 is 1.73 bits per heavy atom. The summed E-state index contributed by atoms with van der Waals surface area (Å²) < 4.78 is 7.01. The lowest BCUT2D eigenvalue weighted by Crippen LogP contribution is -2.24. The summed E-state index contributed by atoms with van der Waals surface area (Å²) in [4.78, 5) is 12.7. The van der Waals surface area contributed by atoms with E-state index in [4.69, 9.17) is 21.4 Å². The van der Waals surface area contributed by atoms with E-state index in [-0.39, 0.29) is 17.4 Å². The van der Waals surface area contributed by atoms with Crippen molar-refractivity contribution in [1.29, 1.82) is 0 Å². The second-order valence-corrected chi connectivity index (χ2v) is 6.59. The number of hydrogen-bond donors (Lipinski definition) is 1.